The molecule has 1 amide bonds. The minimum absolute atomic E-state index is 0.0452. The number of nitrogens with two attached hydrogens (primary N) is 1. The van der Waals surface area contributed by atoms with Crippen molar-refractivity contribution in [2.24, 2.45) is 11.7 Å². The molecule has 2 unspecified atom stereocenters. The molecule has 1 saturated heterocycles. The second kappa shape index (κ2) is 5.21. The Morgan fingerprint density at radius 1 is 1.42 bits per heavy atom. The Morgan fingerprint density at radius 2 is 2.16 bits per heavy atom. The number of aromatic nitrogens is 2. The fraction of sp³-hybridized carbons (Fsp3) is 0.500. The van der Waals surface area contributed by atoms with E-state index in [1.54, 1.807) is 11.0 Å². The van der Waals surface area contributed by atoms with Crippen LogP contribution in [0.15, 0.2) is 12.1 Å². The van der Waals surface area contributed by atoms with Gasteiger partial charge in [0.05, 0.1) is 0 Å². The number of carbonyl (C=O) groups is 2. The maximum Gasteiger partial charge on any atom is 0.326 e. The summed E-state index contributed by atoms with van der Waals surface area (Å²) in [6.45, 7) is 2.53. The highest BCUT2D eigenvalue weighted by atomic mass is 16.4. The second-order valence-corrected chi connectivity index (χ2v) is 4.74. The van der Waals surface area contributed by atoms with Crippen molar-refractivity contribution in [1.82, 2.24) is 10.2 Å². The number of hydrogen-bond donors (Lipinski definition) is 2. The second-order valence-electron chi connectivity index (χ2n) is 4.74. The van der Waals surface area contributed by atoms with Crippen LogP contribution >= 0.6 is 0 Å². The standard InChI is InChI=1S/C12H16N4O3/c1-7-3-2-6-16(10(7)12(18)19)9-5-4-8(11(13)17)14-15-9/h4-5,7,10H,2-3,6H2,1H3,(H2,13,17)(H,18,19). The minimum atomic E-state index is -0.868. The fourth-order valence-electron chi connectivity index (χ4n) is 2.43. The van der Waals surface area contributed by atoms with Gasteiger partial charge in [0, 0.05) is 6.54 Å². The summed E-state index contributed by atoms with van der Waals surface area (Å²) in [6, 6.07) is 2.44. The van der Waals surface area contributed by atoms with Gasteiger partial charge in [-0.05, 0) is 30.9 Å². The molecule has 0 spiro atoms. The summed E-state index contributed by atoms with van der Waals surface area (Å²) >= 11 is 0. The Bertz CT molecular complexity index is 488. The van der Waals surface area contributed by atoms with E-state index < -0.39 is 17.9 Å². The van der Waals surface area contributed by atoms with Crippen LogP contribution in [0.2, 0.25) is 0 Å². The first-order chi connectivity index (χ1) is 9.00. The molecule has 1 aromatic rings. The average molecular weight is 264 g/mol. The van der Waals surface area contributed by atoms with Gasteiger partial charge >= 0.3 is 5.97 Å². The number of piperidine rings is 1. The lowest BCUT2D eigenvalue weighted by molar-refractivity contribution is -0.140. The van der Waals surface area contributed by atoms with Gasteiger partial charge in [0.2, 0.25) is 0 Å². The van der Waals surface area contributed by atoms with Crippen LogP contribution in [0, 0.1) is 5.92 Å². The zero-order chi connectivity index (χ0) is 14.0. The van der Waals surface area contributed by atoms with E-state index in [1.807, 2.05) is 6.92 Å². The third-order valence-electron chi connectivity index (χ3n) is 3.38. The number of carboxylic acid groups (broad SMARTS) is 1. The Labute approximate surface area is 110 Å². The van der Waals surface area contributed by atoms with Gasteiger partial charge in [0.1, 0.15) is 6.04 Å². The lowest BCUT2D eigenvalue weighted by Gasteiger charge is -2.37. The highest BCUT2D eigenvalue weighted by molar-refractivity contribution is 5.90. The number of primary amides is 1. The highest BCUT2D eigenvalue weighted by Crippen LogP contribution is 2.27. The number of carbonyl (C=O) groups excluding carboxylic acids is 1. The summed E-state index contributed by atoms with van der Waals surface area (Å²) in [6.07, 6.45) is 1.78. The van der Waals surface area contributed by atoms with E-state index in [2.05, 4.69) is 10.2 Å². The van der Waals surface area contributed by atoms with Gasteiger partial charge in [0.25, 0.3) is 5.91 Å². The molecule has 2 rings (SSSR count). The van der Waals surface area contributed by atoms with Crippen molar-refractivity contribution in [2.45, 2.75) is 25.8 Å². The van der Waals surface area contributed by atoms with Gasteiger partial charge in [-0.2, -0.15) is 0 Å². The third kappa shape index (κ3) is 2.64. The minimum Gasteiger partial charge on any atom is -0.480 e. The predicted molar refractivity (Wildman–Crippen MR) is 67.7 cm³/mol. The van der Waals surface area contributed by atoms with Crippen molar-refractivity contribution < 1.29 is 14.7 Å². The molecule has 0 saturated carbocycles. The summed E-state index contributed by atoms with van der Waals surface area (Å²) in [4.78, 5) is 24.0. The number of aliphatic carboxylic acids is 1. The van der Waals surface area contributed by atoms with Crippen molar-refractivity contribution in [3.8, 4) is 0 Å². The smallest absolute Gasteiger partial charge is 0.326 e. The lowest BCUT2D eigenvalue weighted by atomic mass is 9.91. The van der Waals surface area contributed by atoms with Crippen LogP contribution in [-0.2, 0) is 4.79 Å². The Morgan fingerprint density at radius 3 is 2.68 bits per heavy atom. The summed E-state index contributed by atoms with van der Waals surface area (Å²) in [7, 11) is 0. The predicted octanol–water partition coefficient (Wildman–Crippen LogP) is 0.265. The van der Waals surface area contributed by atoms with Gasteiger partial charge < -0.3 is 15.7 Å². The van der Waals surface area contributed by atoms with Crippen LogP contribution in [-0.4, -0.2) is 39.8 Å². The van der Waals surface area contributed by atoms with E-state index in [1.165, 1.54) is 6.07 Å². The molecule has 0 radical (unpaired) electrons. The van der Waals surface area contributed by atoms with E-state index in [9.17, 15) is 14.7 Å². The summed E-state index contributed by atoms with van der Waals surface area (Å²) in [5, 5.41) is 16.9. The molecule has 1 fully saturated rings. The average Bonchev–Trinajstić information content (AvgIpc) is 2.38. The molecule has 1 aliphatic rings. The molecule has 2 heterocycles. The topological polar surface area (TPSA) is 109 Å². The van der Waals surface area contributed by atoms with Gasteiger partial charge in [-0.25, -0.2) is 4.79 Å². The number of nitrogens with zero attached hydrogens (tertiary/aromatic N) is 3. The van der Waals surface area contributed by atoms with E-state index in [-0.39, 0.29) is 11.6 Å². The van der Waals surface area contributed by atoms with E-state index in [4.69, 9.17) is 5.73 Å². The molecule has 0 aromatic carbocycles. The number of anilines is 1. The third-order valence-corrected chi connectivity index (χ3v) is 3.38. The molecule has 7 heteroatoms. The molecule has 19 heavy (non-hydrogen) atoms. The first kappa shape index (κ1) is 13.3. The molecular weight excluding hydrogens is 248 g/mol. The number of amides is 1. The summed E-state index contributed by atoms with van der Waals surface area (Å²) in [5.74, 6) is -1.01. The molecule has 2 atom stereocenters. The molecular formula is C12H16N4O3. The molecule has 3 N–H and O–H groups in total. The molecule has 7 nitrogen and oxygen atoms in total. The zero-order valence-corrected chi connectivity index (χ0v) is 10.6. The lowest BCUT2D eigenvalue weighted by Crippen LogP contribution is -2.49. The summed E-state index contributed by atoms with van der Waals surface area (Å²) in [5.41, 5.74) is 5.16. The van der Waals surface area contributed by atoms with Crippen molar-refractivity contribution in [2.75, 3.05) is 11.4 Å². The maximum absolute atomic E-state index is 11.4. The number of carboxylic acids is 1. The Balaban J connectivity index is 2.27. The SMILES string of the molecule is CC1CCCN(c2ccc(C(N)=O)nn2)C1C(=O)O. The van der Waals surface area contributed by atoms with Gasteiger partial charge in [-0.1, -0.05) is 6.92 Å². The van der Waals surface area contributed by atoms with Crippen LogP contribution in [0.5, 0.6) is 0 Å². The monoisotopic (exact) mass is 264 g/mol. The number of rotatable bonds is 3. The van der Waals surface area contributed by atoms with E-state index in [0.717, 1.165) is 12.8 Å². The van der Waals surface area contributed by atoms with Crippen molar-refractivity contribution >= 4 is 17.7 Å². The zero-order valence-electron chi connectivity index (χ0n) is 10.6. The van der Waals surface area contributed by atoms with Gasteiger partial charge in [-0.15, -0.1) is 10.2 Å². The van der Waals surface area contributed by atoms with E-state index in [0.29, 0.717) is 12.4 Å². The molecule has 0 aliphatic carbocycles. The maximum atomic E-state index is 11.4. The van der Waals surface area contributed by atoms with Crippen LogP contribution in [0.1, 0.15) is 30.3 Å². The Kier molecular flexibility index (Phi) is 3.64. The summed E-state index contributed by atoms with van der Waals surface area (Å²) < 4.78 is 0. The number of hydrogen-bond acceptors (Lipinski definition) is 5. The van der Waals surface area contributed by atoms with Crippen LogP contribution in [0.3, 0.4) is 0 Å². The van der Waals surface area contributed by atoms with Gasteiger partial charge in [-0.3, -0.25) is 4.79 Å². The quantitative estimate of drug-likeness (QED) is 0.810. The van der Waals surface area contributed by atoms with Crippen molar-refractivity contribution in [3.05, 3.63) is 17.8 Å². The van der Waals surface area contributed by atoms with Crippen LogP contribution in [0.4, 0.5) is 5.82 Å². The first-order valence-corrected chi connectivity index (χ1v) is 6.13. The van der Waals surface area contributed by atoms with Crippen molar-refractivity contribution in [3.63, 3.8) is 0 Å². The van der Waals surface area contributed by atoms with Crippen LogP contribution in [0.25, 0.3) is 0 Å². The van der Waals surface area contributed by atoms with Crippen LogP contribution < -0.4 is 10.6 Å². The normalized spacial score (nSPS) is 23.1. The first-order valence-electron chi connectivity index (χ1n) is 6.13. The van der Waals surface area contributed by atoms with Crippen molar-refractivity contribution in [1.29, 1.82) is 0 Å². The molecule has 102 valence electrons. The fourth-order valence-corrected chi connectivity index (χ4v) is 2.43. The molecule has 1 aliphatic heterocycles. The highest BCUT2D eigenvalue weighted by Gasteiger charge is 2.35. The molecule has 0 bridgehead atoms. The van der Waals surface area contributed by atoms with E-state index >= 15 is 0 Å². The Hall–Kier alpha value is -2.18. The van der Waals surface area contributed by atoms with Gasteiger partial charge in [0.15, 0.2) is 11.5 Å². The largest absolute Gasteiger partial charge is 0.480 e. The molecule has 1 aromatic heterocycles.